The summed E-state index contributed by atoms with van der Waals surface area (Å²) in [5.74, 6) is 5.37. The van der Waals surface area contributed by atoms with Gasteiger partial charge < -0.3 is 52.3 Å². The van der Waals surface area contributed by atoms with Crippen LogP contribution in [-0.2, 0) is 56.5 Å². The van der Waals surface area contributed by atoms with E-state index in [0.717, 1.165) is 40.2 Å². The van der Waals surface area contributed by atoms with Crippen LogP contribution in [0.5, 0.6) is 40.2 Å². The number of ether oxygens (including phenoxy) is 10. The number of hydrogen-bond donors (Lipinski definition) is 0. The Morgan fingerprint density at radius 3 is 0.844 bits per heavy atom. The number of esters is 2. The molecule has 1 fully saturated rings. The first-order valence-corrected chi connectivity index (χ1v) is 33.6. The molecule has 1 radical (unpaired) electrons. The fraction of sp³-hybridized carbons (Fsp3) is 0.439. The van der Waals surface area contributed by atoms with Crippen molar-refractivity contribution in [2.45, 2.75) is 147 Å². The van der Waals surface area contributed by atoms with Gasteiger partial charge in [0.2, 0.25) is 0 Å². The third-order valence-corrected chi connectivity index (χ3v) is 13.0. The Labute approximate surface area is 609 Å². The molecule has 0 amide bonds. The SMILES string of the molecule is CC.CC.CC.CC.CC.CC.CC.CN(C)c1ccccc1.COC(=O)C1CC=CCC1C(=O)OC.COc1cc[c-]cc1.COc1cc[c-]cc1.COc1ccc(-c2ccc(OC)cc2)cc1.COc1ccc(C2CCC(OC)CC2)cc1.COc1ccc(OC)cc1.[Y]. The van der Waals surface area contributed by atoms with Crippen LogP contribution in [0.3, 0.4) is 0 Å². The van der Waals surface area contributed by atoms with E-state index in [1.165, 1.54) is 62.3 Å². The van der Waals surface area contributed by atoms with Gasteiger partial charge >= 0.3 is 11.9 Å². The van der Waals surface area contributed by atoms with Crippen LogP contribution in [0, 0.1) is 24.0 Å². The number of allylic oxidation sites excluding steroid dienone is 2. The minimum atomic E-state index is -0.391. The van der Waals surface area contributed by atoms with Gasteiger partial charge in [-0.3, -0.25) is 9.59 Å². The molecular weight excluding hydrogens is 1280 g/mol. The van der Waals surface area contributed by atoms with Crippen molar-refractivity contribution in [2.75, 3.05) is 90.1 Å². The summed E-state index contributed by atoms with van der Waals surface area (Å²) < 4.78 is 49.8. The second-order valence-electron chi connectivity index (χ2n) is 18.1. The van der Waals surface area contributed by atoms with Gasteiger partial charge in [-0.2, -0.15) is 36.4 Å². The maximum atomic E-state index is 11.3. The molecule has 2 atom stereocenters. The van der Waals surface area contributed by atoms with Gasteiger partial charge in [-0.25, -0.2) is 0 Å². The van der Waals surface area contributed by atoms with E-state index in [1.807, 2.05) is 270 Å². The molecule has 96 heavy (non-hydrogen) atoms. The summed E-state index contributed by atoms with van der Waals surface area (Å²) in [4.78, 5) is 24.8. The fourth-order valence-electron chi connectivity index (χ4n) is 8.17. The van der Waals surface area contributed by atoms with Crippen LogP contribution in [-0.4, -0.2) is 103 Å². The van der Waals surface area contributed by atoms with Crippen LogP contribution >= 0.6 is 0 Å². The number of carbonyl (C=O) groups excluding carboxylic acids is 2. The first-order valence-electron chi connectivity index (χ1n) is 33.6. The third-order valence-electron chi connectivity index (χ3n) is 13.0. The Morgan fingerprint density at radius 1 is 0.354 bits per heavy atom. The molecule has 0 saturated heterocycles. The zero-order valence-electron chi connectivity index (χ0n) is 63.9. The van der Waals surface area contributed by atoms with Crippen LogP contribution in [0.4, 0.5) is 5.69 Å². The smallest absolute Gasteiger partial charge is 0.309 e. The van der Waals surface area contributed by atoms with E-state index >= 15 is 0 Å². The van der Waals surface area contributed by atoms with Gasteiger partial charge in [-0.05, 0) is 134 Å². The molecule has 0 spiro atoms. The van der Waals surface area contributed by atoms with Crippen molar-refractivity contribution in [3.05, 3.63) is 206 Å². The quantitative estimate of drug-likeness (QED) is 0.0617. The number of rotatable bonds is 13. The van der Waals surface area contributed by atoms with Gasteiger partial charge in [0, 0.05) is 71.1 Å². The Morgan fingerprint density at radius 2 is 0.615 bits per heavy atom. The van der Waals surface area contributed by atoms with Crippen LogP contribution < -0.4 is 38.1 Å². The zero-order chi connectivity index (χ0) is 73.0. The van der Waals surface area contributed by atoms with E-state index in [4.69, 9.17) is 37.9 Å². The summed E-state index contributed by atoms with van der Waals surface area (Å²) in [6.45, 7) is 28.0. The van der Waals surface area contributed by atoms with Gasteiger partial charge in [0.05, 0.1) is 81.9 Å². The first kappa shape index (κ1) is 99.7. The fourth-order valence-corrected chi connectivity index (χ4v) is 8.17. The molecule has 0 aliphatic heterocycles. The first-order chi connectivity index (χ1) is 46.4. The summed E-state index contributed by atoms with van der Waals surface area (Å²) in [5, 5.41) is 0. The van der Waals surface area contributed by atoms with Crippen molar-refractivity contribution < 1.29 is 89.7 Å². The third kappa shape index (κ3) is 46.0. The summed E-state index contributed by atoms with van der Waals surface area (Å²) in [6.07, 6.45) is 10.2. The van der Waals surface area contributed by atoms with Crippen molar-refractivity contribution in [2.24, 2.45) is 11.8 Å². The minimum Gasteiger partial charge on any atom is -0.522 e. The second-order valence-corrected chi connectivity index (χ2v) is 18.1. The van der Waals surface area contributed by atoms with Crippen LogP contribution in [0.1, 0.15) is 147 Å². The van der Waals surface area contributed by atoms with E-state index in [0.29, 0.717) is 24.9 Å². The molecule has 2 aliphatic rings. The Balaban J connectivity index is -0.000000241. The summed E-state index contributed by atoms with van der Waals surface area (Å²) in [5.41, 5.74) is 5.03. The molecule has 0 aromatic heterocycles. The largest absolute Gasteiger partial charge is 0.522 e. The molecule has 0 bridgehead atoms. The van der Waals surface area contributed by atoms with E-state index in [-0.39, 0.29) is 44.6 Å². The van der Waals surface area contributed by atoms with Crippen LogP contribution in [0.15, 0.2) is 188 Å². The maximum absolute atomic E-state index is 11.3. The van der Waals surface area contributed by atoms with E-state index < -0.39 is 11.8 Å². The molecular formula is C82H125NO12Y-2. The van der Waals surface area contributed by atoms with Crippen molar-refractivity contribution in [1.82, 2.24) is 0 Å². The number of nitrogens with zero attached hydrogens (tertiary/aromatic N) is 1. The summed E-state index contributed by atoms with van der Waals surface area (Å²) in [7, 11) is 20.2. The molecule has 9 rings (SSSR count). The zero-order valence-corrected chi connectivity index (χ0v) is 66.7. The number of anilines is 1. The number of benzene rings is 7. The molecule has 0 heterocycles. The standard InChI is InChI=1S/C14H20O2.C14H14O2.C10H14O4.C8H11N.C8H10O2.2C7H7O.7C2H6.Y/c2*1-15-13-7-3-11(4-8-13)12-5-9-14(16-2)10-6-12;1-13-9(11)7-5-3-4-6-8(7)10(12)14-2;1-9(2)8-6-4-3-5-7-8;1-9-7-3-5-8(10-2)6-4-7;2*1-8-7-5-3-2-4-6-7;7*1-2;/h3-4,7-8,12,14H,5-6,9-10H2,1-2H3;3-10H,1-2H3;3-4,7-8H,5-6H2,1-2H3;3-7H,1-2H3;3-6H,1-2H3;2*3-6H,1H3;7*1-2H3;/q;;;;;2*-1;;;;;;;;. The van der Waals surface area contributed by atoms with Gasteiger partial charge in [0.15, 0.2) is 0 Å². The molecule has 1 saturated carbocycles. The molecule has 13 nitrogen and oxygen atoms in total. The monoisotopic (exact) mass is 1400 g/mol. The van der Waals surface area contributed by atoms with Crippen molar-refractivity contribution in [3.63, 3.8) is 0 Å². The number of carbonyl (C=O) groups is 2. The molecule has 7 aromatic rings. The average Bonchev–Trinajstić information content (AvgIpc) is 2.15. The molecule has 0 N–H and O–H groups in total. The Bertz CT molecular complexity index is 2590. The Kier molecular flexibility index (Phi) is 74.8. The normalized spacial score (nSPS) is 13.3. The Hall–Kier alpha value is -7.32. The second kappa shape index (κ2) is 72.0. The average molecular weight is 1410 g/mol. The van der Waals surface area contributed by atoms with Crippen LogP contribution in [0.25, 0.3) is 11.1 Å². The van der Waals surface area contributed by atoms with Crippen molar-refractivity contribution >= 4 is 17.6 Å². The van der Waals surface area contributed by atoms with E-state index in [1.54, 1.807) is 49.8 Å². The van der Waals surface area contributed by atoms with Crippen LogP contribution in [0.2, 0.25) is 0 Å². The van der Waals surface area contributed by atoms with E-state index in [2.05, 4.69) is 62.9 Å². The molecule has 14 heteroatoms. The summed E-state index contributed by atoms with van der Waals surface area (Å²) in [6, 6.07) is 62.7. The van der Waals surface area contributed by atoms with Crippen molar-refractivity contribution in [3.8, 4) is 51.4 Å². The topological polar surface area (TPSA) is 130 Å². The predicted octanol–water partition coefficient (Wildman–Crippen LogP) is 21.3. The van der Waals surface area contributed by atoms with Gasteiger partial charge in [0.1, 0.15) is 28.7 Å². The number of hydrogen-bond acceptors (Lipinski definition) is 13. The minimum absolute atomic E-state index is 0. The molecule has 7 aromatic carbocycles. The maximum Gasteiger partial charge on any atom is 0.309 e. The predicted molar refractivity (Wildman–Crippen MR) is 403 cm³/mol. The summed E-state index contributed by atoms with van der Waals surface area (Å²) >= 11 is 0. The van der Waals surface area contributed by atoms with Gasteiger partial charge in [-0.1, -0.05) is 164 Å². The molecule has 535 valence electrons. The van der Waals surface area contributed by atoms with E-state index in [9.17, 15) is 9.59 Å². The van der Waals surface area contributed by atoms with Gasteiger partial charge in [0.25, 0.3) is 0 Å². The number of para-hydroxylation sites is 1. The number of methoxy groups -OCH3 is 10. The van der Waals surface area contributed by atoms with Crippen molar-refractivity contribution in [1.29, 1.82) is 0 Å². The van der Waals surface area contributed by atoms with Gasteiger partial charge in [-0.15, -0.1) is 24.3 Å². The molecule has 2 unspecified atom stereocenters. The molecule has 2 aliphatic carbocycles.